The van der Waals surface area contributed by atoms with Crippen LogP contribution in [0.4, 0.5) is 0 Å². The molecule has 2 atom stereocenters. The first-order valence-corrected chi connectivity index (χ1v) is 5.20. The Morgan fingerprint density at radius 3 is 2.60 bits per heavy atom. The van der Waals surface area contributed by atoms with Crippen molar-refractivity contribution >= 4 is 11.9 Å². The van der Waals surface area contributed by atoms with Crippen molar-refractivity contribution in [3.8, 4) is 0 Å². The van der Waals surface area contributed by atoms with Gasteiger partial charge in [0.05, 0.1) is 5.92 Å². The van der Waals surface area contributed by atoms with E-state index in [1.165, 1.54) is 0 Å². The van der Waals surface area contributed by atoms with E-state index in [1.807, 2.05) is 11.8 Å². The van der Waals surface area contributed by atoms with E-state index in [1.54, 1.807) is 7.05 Å². The number of aliphatic carboxylic acids is 1. The SMILES string of the molecule is CNC(=O)CCN1C[C@@H](C)[C@H](C(=O)O)C1. The third kappa shape index (κ3) is 3.20. The molecule has 0 spiro atoms. The molecule has 1 rings (SSSR count). The average Bonchev–Trinajstić information content (AvgIpc) is 2.56. The molecule has 0 aromatic heterocycles. The van der Waals surface area contributed by atoms with Crippen molar-refractivity contribution in [3.05, 3.63) is 0 Å². The van der Waals surface area contributed by atoms with Gasteiger partial charge in [-0.2, -0.15) is 0 Å². The minimum absolute atomic E-state index is 0.00132. The van der Waals surface area contributed by atoms with Crippen LogP contribution in [0.15, 0.2) is 0 Å². The van der Waals surface area contributed by atoms with Gasteiger partial charge in [-0.3, -0.25) is 9.59 Å². The van der Waals surface area contributed by atoms with Crippen molar-refractivity contribution < 1.29 is 14.7 Å². The van der Waals surface area contributed by atoms with Crippen LogP contribution in [0.5, 0.6) is 0 Å². The van der Waals surface area contributed by atoms with Crippen molar-refractivity contribution in [3.63, 3.8) is 0 Å². The number of hydrogen-bond acceptors (Lipinski definition) is 3. The second kappa shape index (κ2) is 5.11. The highest BCUT2D eigenvalue weighted by Gasteiger charge is 2.34. The van der Waals surface area contributed by atoms with Crippen LogP contribution < -0.4 is 5.32 Å². The summed E-state index contributed by atoms with van der Waals surface area (Å²) in [4.78, 5) is 23.9. The summed E-state index contributed by atoms with van der Waals surface area (Å²) in [5, 5.41) is 11.5. The quantitative estimate of drug-likeness (QED) is 0.678. The number of hydrogen-bond donors (Lipinski definition) is 2. The number of carboxylic acids is 1. The Labute approximate surface area is 89.4 Å². The summed E-state index contributed by atoms with van der Waals surface area (Å²) in [5.41, 5.74) is 0. The Kier molecular flexibility index (Phi) is 4.08. The molecule has 15 heavy (non-hydrogen) atoms. The summed E-state index contributed by atoms with van der Waals surface area (Å²) in [7, 11) is 1.61. The molecule has 0 aliphatic carbocycles. The Balaban J connectivity index is 2.35. The minimum atomic E-state index is -0.732. The van der Waals surface area contributed by atoms with Gasteiger partial charge in [-0.25, -0.2) is 0 Å². The van der Waals surface area contributed by atoms with E-state index in [0.717, 1.165) is 6.54 Å². The minimum Gasteiger partial charge on any atom is -0.481 e. The van der Waals surface area contributed by atoms with E-state index in [2.05, 4.69) is 5.32 Å². The molecular formula is C10H18N2O3. The lowest BCUT2D eigenvalue weighted by Crippen LogP contribution is -2.28. The van der Waals surface area contributed by atoms with Crippen LogP contribution >= 0.6 is 0 Å². The number of nitrogens with one attached hydrogen (secondary N) is 1. The molecule has 1 saturated heterocycles. The molecule has 1 fully saturated rings. The Hall–Kier alpha value is -1.10. The second-order valence-corrected chi connectivity index (χ2v) is 4.10. The van der Waals surface area contributed by atoms with Crippen LogP contribution in [0, 0.1) is 11.8 Å². The molecule has 0 aromatic rings. The zero-order valence-corrected chi connectivity index (χ0v) is 9.19. The molecule has 1 heterocycles. The molecule has 1 aliphatic heterocycles. The first kappa shape index (κ1) is 12.0. The van der Waals surface area contributed by atoms with Gasteiger partial charge < -0.3 is 15.3 Å². The number of carboxylic acid groups (broad SMARTS) is 1. The second-order valence-electron chi connectivity index (χ2n) is 4.10. The predicted octanol–water partition coefficient (Wildman–Crippen LogP) is -0.225. The normalized spacial score (nSPS) is 26.5. The number of amides is 1. The molecule has 0 bridgehead atoms. The summed E-state index contributed by atoms with van der Waals surface area (Å²) in [6.45, 7) is 3.92. The van der Waals surface area contributed by atoms with Gasteiger partial charge >= 0.3 is 5.97 Å². The predicted molar refractivity (Wildman–Crippen MR) is 55.4 cm³/mol. The molecule has 0 saturated carbocycles. The first-order chi connectivity index (χ1) is 7.04. The fourth-order valence-corrected chi connectivity index (χ4v) is 1.96. The molecule has 5 heteroatoms. The number of likely N-dealkylation sites (tertiary alicyclic amines) is 1. The zero-order valence-electron chi connectivity index (χ0n) is 9.19. The van der Waals surface area contributed by atoms with Crippen molar-refractivity contribution in [2.75, 3.05) is 26.7 Å². The fourth-order valence-electron chi connectivity index (χ4n) is 1.96. The van der Waals surface area contributed by atoms with E-state index >= 15 is 0 Å². The Morgan fingerprint density at radius 2 is 2.13 bits per heavy atom. The van der Waals surface area contributed by atoms with Gasteiger partial charge in [-0.15, -0.1) is 0 Å². The standard InChI is InChI=1S/C10H18N2O3/c1-7-5-12(4-3-9(13)11-2)6-8(7)10(14)15/h7-8H,3-6H2,1-2H3,(H,11,13)(H,14,15)/t7-,8-/m1/s1. The van der Waals surface area contributed by atoms with E-state index in [4.69, 9.17) is 5.11 Å². The highest BCUT2D eigenvalue weighted by molar-refractivity contribution is 5.75. The third-order valence-corrected chi connectivity index (χ3v) is 2.94. The average molecular weight is 214 g/mol. The number of carbonyl (C=O) groups excluding carboxylic acids is 1. The number of nitrogens with zero attached hydrogens (tertiary/aromatic N) is 1. The summed E-state index contributed by atoms with van der Waals surface area (Å²) < 4.78 is 0. The molecule has 0 aromatic carbocycles. The first-order valence-electron chi connectivity index (χ1n) is 5.20. The van der Waals surface area contributed by atoms with Crippen LogP contribution in [-0.4, -0.2) is 48.6 Å². The van der Waals surface area contributed by atoms with Gasteiger partial charge in [0.15, 0.2) is 0 Å². The van der Waals surface area contributed by atoms with E-state index in [0.29, 0.717) is 19.5 Å². The van der Waals surface area contributed by atoms with E-state index in [9.17, 15) is 9.59 Å². The maximum absolute atomic E-state index is 11.0. The summed E-state index contributed by atoms with van der Waals surface area (Å²) >= 11 is 0. The molecule has 5 nitrogen and oxygen atoms in total. The lowest BCUT2D eigenvalue weighted by molar-refractivity contribution is -0.142. The monoisotopic (exact) mass is 214 g/mol. The van der Waals surface area contributed by atoms with Gasteiger partial charge in [-0.1, -0.05) is 6.92 Å². The molecule has 0 radical (unpaired) electrons. The molecule has 0 unspecified atom stereocenters. The van der Waals surface area contributed by atoms with Crippen LogP contribution in [0.1, 0.15) is 13.3 Å². The van der Waals surface area contributed by atoms with Crippen LogP contribution in [0.3, 0.4) is 0 Å². The van der Waals surface area contributed by atoms with Gasteiger partial charge in [0.25, 0.3) is 0 Å². The maximum Gasteiger partial charge on any atom is 0.308 e. The summed E-state index contributed by atoms with van der Waals surface area (Å²) in [6.07, 6.45) is 0.440. The summed E-state index contributed by atoms with van der Waals surface area (Å²) in [6, 6.07) is 0. The van der Waals surface area contributed by atoms with Crippen molar-refractivity contribution in [2.45, 2.75) is 13.3 Å². The topological polar surface area (TPSA) is 69.6 Å². The van der Waals surface area contributed by atoms with E-state index in [-0.39, 0.29) is 17.7 Å². The lowest BCUT2D eigenvalue weighted by atomic mass is 9.99. The molecule has 2 N–H and O–H groups in total. The maximum atomic E-state index is 11.0. The van der Waals surface area contributed by atoms with Gasteiger partial charge in [-0.05, 0) is 5.92 Å². The number of rotatable bonds is 4. The molecular weight excluding hydrogens is 196 g/mol. The summed E-state index contributed by atoms with van der Waals surface area (Å²) in [5.74, 6) is -0.840. The lowest BCUT2D eigenvalue weighted by Gasteiger charge is -2.13. The van der Waals surface area contributed by atoms with Crippen LogP contribution in [0.25, 0.3) is 0 Å². The molecule has 86 valence electrons. The van der Waals surface area contributed by atoms with Gasteiger partial charge in [0, 0.05) is 33.1 Å². The van der Waals surface area contributed by atoms with Crippen LogP contribution in [-0.2, 0) is 9.59 Å². The van der Waals surface area contributed by atoms with Crippen molar-refractivity contribution in [1.82, 2.24) is 10.2 Å². The fraction of sp³-hybridized carbons (Fsp3) is 0.800. The van der Waals surface area contributed by atoms with Gasteiger partial charge in [0.1, 0.15) is 0 Å². The van der Waals surface area contributed by atoms with Crippen LogP contribution in [0.2, 0.25) is 0 Å². The van der Waals surface area contributed by atoms with Crippen molar-refractivity contribution in [1.29, 1.82) is 0 Å². The molecule has 1 aliphatic rings. The smallest absolute Gasteiger partial charge is 0.308 e. The largest absolute Gasteiger partial charge is 0.481 e. The van der Waals surface area contributed by atoms with Crippen molar-refractivity contribution in [2.24, 2.45) is 11.8 Å². The van der Waals surface area contributed by atoms with E-state index < -0.39 is 5.97 Å². The Morgan fingerprint density at radius 1 is 1.47 bits per heavy atom. The highest BCUT2D eigenvalue weighted by Crippen LogP contribution is 2.22. The Bertz CT molecular complexity index is 255. The highest BCUT2D eigenvalue weighted by atomic mass is 16.4. The van der Waals surface area contributed by atoms with Gasteiger partial charge in [0.2, 0.25) is 5.91 Å². The third-order valence-electron chi connectivity index (χ3n) is 2.94. The number of carbonyl (C=O) groups is 2. The molecule has 1 amide bonds. The zero-order chi connectivity index (χ0) is 11.4.